The number of para-hydroxylation sites is 1. The van der Waals surface area contributed by atoms with Gasteiger partial charge in [0.25, 0.3) is 0 Å². The summed E-state index contributed by atoms with van der Waals surface area (Å²) in [6.07, 6.45) is 0. The third kappa shape index (κ3) is 5.59. The first-order chi connectivity index (χ1) is 17.5. The molecule has 7 nitrogen and oxygen atoms in total. The summed E-state index contributed by atoms with van der Waals surface area (Å²) in [5, 5.41) is 0. The number of carbonyl (C=O) groups excluding carboxylic acids is 3. The molecule has 0 bridgehead atoms. The number of methoxy groups -OCH3 is 2. The third-order valence-corrected chi connectivity index (χ3v) is 5.31. The van der Waals surface area contributed by atoms with Gasteiger partial charge in [0.15, 0.2) is 5.78 Å². The van der Waals surface area contributed by atoms with Crippen LogP contribution in [0.15, 0.2) is 97.1 Å². The molecule has 0 unspecified atom stereocenters. The summed E-state index contributed by atoms with van der Waals surface area (Å²) in [5.74, 6) is 0.182. The molecule has 4 rings (SSSR count). The highest BCUT2D eigenvalue weighted by atomic mass is 16.5. The van der Waals surface area contributed by atoms with Crippen molar-refractivity contribution in [3.05, 3.63) is 119 Å². The van der Waals surface area contributed by atoms with E-state index in [2.05, 4.69) is 0 Å². The van der Waals surface area contributed by atoms with E-state index in [0.29, 0.717) is 28.2 Å². The van der Waals surface area contributed by atoms with E-state index in [1.54, 1.807) is 92.0 Å². The van der Waals surface area contributed by atoms with Crippen LogP contribution in [-0.2, 0) is 0 Å². The maximum atomic E-state index is 13.2. The molecule has 0 N–H and O–H groups in total. The quantitative estimate of drug-likeness (QED) is 0.189. The van der Waals surface area contributed by atoms with Gasteiger partial charge in [0.1, 0.15) is 23.0 Å². The summed E-state index contributed by atoms with van der Waals surface area (Å²) >= 11 is 0. The Balaban J connectivity index is 1.46. The Morgan fingerprint density at radius 1 is 0.500 bits per heavy atom. The van der Waals surface area contributed by atoms with Crippen LogP contribution in [0.5, 0.6) is 23.0 Å². The van der Waals surface area contributed by atoms with Crippen molar-refractivity contribution in [3.8, 4) is 23.0 Å². The minimum Gasteiger partial charge on any atom is -0.497 e. The van der Waals surface area contributed by atoms with Crippen LogP contribution in [-0.4, -0.2) is 31.9 Å². The van der Waals surface area contributed by atoms with E-state index in [0.717, 1.165) is 0 Å². The molecule has 0 aliphatic rings. The fourth-order valence-electron chi connectivity index (χ4n) is 3.35. The normalized spacial score (nSPS) is 10.3. The van der Waals surface area contributed by atoms with Crippen LogP contribution in [0.2, 0.25) is 0 Å². The summed E-state index contributed by atoms with van der Waals surface area (Å²) in [6.45, 7) is 0. The van der Waals surface area contributed by atoms with Crippen LogP contribution in [0.4, 0.5) is 0 Å². The predicted molar refractivity (Wildman–Crippen MR) is 132 cm³/mol. The molecular formula is C29H22O7. The smallest absolute Gasteiger partial charge is 0.343 e. The van der Waals surface area contributed by atoms with Crippen molar-refractivity contribution in [2.75, 3.05) is 14.2 Å². The van der Waals surface area contributed by atoms with Gasteiger partial charge in [-0.15, -0.1) is 0 Å². The molecule has 0 atom stereocenters. The van der Waals surface area contributed by atoms with E-state index < -0.39 is 11.9 Å². The number of esters is 2. The van der Waals surface area contributed by atoms with E-state index in [-0.39, 0.29) is 22.8 Å². The first-order valence-electron chi connectivity index (χ1n) is 10.9. The number of benzene rings is 4. The Kier molecular flexibility index (Phi) is 7.41. The van der Waals surface area contributed by atoms with Crippen molar-refractivity contribution in [3.63, 3.8) is 0 Å². The van der Waals surface area contributed by atoms with Crippen molar-refractivity contribution < 1.29 is 33.3 Å². The van der Waals surface area contributed by atoms with Crippen LogP contribution >= 0.6 is 0 Å². The van der Waals surface area contributed by atoms with Gasteiger partial charge < -0.3 is 18.9 Å². The van der Waals surface area contributed by atoms with Gasteiger partial charge in [0.05, 0.1) is 30.9 Å². The van der Waals surface area contributed by atoms with Crippen LogP contribution in [0.1, 0.15) is 36.6 Å². The van der Waals surface area contributed by atoms with E-state index in [9.17, 15) is 14.4 Å². The molecule has 0 saturated heterocycles. The molecule has 180 valence electrons. The zero-order valence-corrected chi connectivity index (χ0v) is 19.6. The lowest BCUT2D eigenvalue weighted by atomic mass is 10.0. The predicted octanol–water partition coefficient (Wildman–Crippen LogP) is 5.37. The zero-order chi connectivity index (χ0) is 25.5. The topological polar surface area (TPSA) is 88.1 Å². The van der Waals surface area contributed by atoms with E-state index >= 15 is 0 Å². The van der Waals surface area contributed by atoms with E-state index in [1.807, 2.05) is 0 Å². The molecule has 0 amide bonds. The summed E-state index contributed by atoms with van der Waals surface area (Å²) in [4.78, 5) is 38.1. The van der Waals surface area contributed by atoms with Gasteiger partial charge in [-0.05, 0) is 84.9 Å². The van der Waals surface area contributed by atoms with Gasteiger partial charge >= 0.3 is 11.9 Å². The highest BCUT2D eigenvalue weighted by Crippen LogP contribution is 2.25. The highest BCUT2D eigenvalue weighted by Gasteiger charge is 2.18. The molecule has 0 aliphatic carbocycles. The minimum atomic E-state index is -0.598. The average molecular weight is 482 g/mol. The van der Waals surface area contributed by atoms with Crippen molar-refractivity contribution in [2.24, 2.45) is 0 Å². The molecule has 4 aromatic carbocycles. The molecule has 4 aromatic rings. The van der Waals surface area contributed by atoms with Gasteiger partial charge in [-0.25, -0.2) is 9.59 Å². The fraction of sp³-hybridized carbons (Fsp3) is 0.0690. The van der Waals surface area contributed by atoms with Gasteiger partial charge in [0, 0.05) is 5.56 Å². The lowest BCUT2D eigenvalue weighted by Crippen LogP contribution is -2.12. The minimum absolute atomic E-state index is 0.137. The third-order valence-electron chi connectivity index (χ3n) is 5.31. The van der Waals surface area contributed by atoms with E-state index in [1.165, 1.54) is 19.2 Å². The second-order valence-corrected chi connectivity index (χ2v) is 7.59. The van der Waals surface area contributed by atoms with Crippen molar-refractivity contribution in [1.82, 2.24) is 0 Å². The number of ketones is 1. The molecule has 0 fully saturated rings. The van der Waals surface area contributed by atoms with Gasteiger partial charge in [0.2, 0.25) is 0 Å². The molecule has 0 aliphatic heterocycles. The first-order valence-corrected chi connectivity index (χ1v) is 10.9. The van der Waals surface area contributed by atoms with Crippen molar-refractivity contribution in [1.29, 1.82) is 0 Å². The summed E-state index contributed by atoms with van der Waals surface area (Å²) < 4.78 is 21.1. The lowest BCUT2D eigenvalue weighted by molar-refractivity contribution is 0.0724. The summed E-state index contributed by atoms with van der Waals surface area (Å²) in [5.41, 5.74) is 1.25. The number of hydrogen-bond donors (Lipinski definition) is 0. The molecule has 36 heavy (non-hydrogen) atoms. The second kappa shape index (κ2) is 11.0. The molecule has 0 aromatic heterocycles. The maximum Gasteiger partial charge on any atom is 0.343 e. The Labute approximate surface area is 207 Å². The summed E-state index contributed by atoms with van der Waals surface area (Å²) in [6, 6.07) is 25.6. The number of ether oxygens (including phenoxy) is 4. The SMILES string of the molecule is COc1ccc(C(=O)Oc2ccc(C(=O)c3ccccc3OC(=O)c3ccc(OC)cc3)cc2)cc1. The zero-order valence-electron chi connectivity index (χ0n) is 19.6. The van der Waals surface area contributed by atoms with Gasteiger partial charge in [-0.1, -0.05) is 12.1 Å². The van der Waals surface area contributed by atoms with E-state index in [4.69, 9.17) is 18.9 Å². The highest BCUT2D eigenvalue weighted by molar-refractivity contribution is 6.11. The molecule has 0 heterocycles. The number of hydrogen-bond acceptors (Lipinski definition) is 7. The molecule has 0 radical (unpaired) electrons. The Hall–Kier alpha value is -4.91. The Morgan fingerprint density at radius 2 is 0.944 bits per heavy atom. The van der Waals surface area contributed by atoms with Crippen molar-refractivity contribution in [2.45, 2.75) is 0 Å². The monoisotopic (exact) mass is 482 g/mol. The van der Waals surface area contributed by atoms with Crippen molar-refractivity contribution >= 4 is 17.7 Å². The fourth-order valence-corrected chi connectivity index (χ4v) is 3.35. The molecule has 7 heteroatoms. The summed E-state index contributed by atoms with van der Waals surface area (Å²) in [7, 11) is 3.08. The number of rotatable bonds is 8. The van der Waals surface area contributed by atoms with Crippen LogP contribution in [0.25, 0.3) is 0 Å². The van der Waals surface area contributed by atoms with Gasteiger partial charge in [-0.2, -0.15) is 0 Å². The second-order valence-electron chi connectivity index (χ2n) is 7.59. The first kappa shape index (κ1) is 24.2. The molecule has 0 saturated carbocycles. The van der Waals surface area contributed by atoms with Crippen LogP contribution in [0, 0.1) is 0 Å². The largest absolute Gasteiger partial charge is 0.497 e. The number of carbonyl (C=O) groups is 3. The molecule has 0 spiro atoms. The maximum absolute atomic E-state index is 13.2. The Bertz CT molecular complexity index is 1370. The Morgan fingerprint density at radius 3 is 1.47 bits per heavy atom. The molecular weight excluding hydrogens is 460 g/mol. The van der Waals surface area contributed by atoms with Crippen LogP contribution in [0.3, 0.4) is 0 Å². The standard InChI is InChI=1S/C29H22O7/c1-33-22-13-9-20(10-14-22)28(31)35-24-17-7-19(8-18-24)27(30)25-5-3-4-6-26(25)36-29(32)21-11-15-23(34-2)16-12-21/h3-18H,1-2H3. The van der Waals surface area contributed by atoms with Gasteiger partial charge in [-0.3, -0.25) is 4.79 Å². The lowest BCUT2D eigenvalue weighted by Gasteiger charge is -2.10. The van der Waals surface area contributed by atoms with Crippen LogP contribution < -0.4 is 18.9 Å². The average Bonchev–Trinajstić information content (AvgIpc) is 2.93.